The van der Waals surface area contributed by atoms with Gasteiger partial charge in [-0.25, -0.2) is 22.6 Å². The van der Waals surface area contributed by atoms with Gasteiger partial charge in [0.2, 0.25) is 15.9 Å². The van der Waals surface area contributed by atoms with Gasteiger partial charge in [0.15, 0.2) is 5.16 Å². The first kappa shape index (κ1) is 23.3. The van der Waals surface area contributed by atoms with E-state index in [-0.39, 0.29) is 34.1 Å². The molecule has 1 fully saturated rings. The van der Waals surface area contributed by atoms with Gasteiger partial charge in [-0.1, -0.05) is 11.8 Å². The highest BCUT2D eigenvalue weighted by atomic mass is 32.2. The third-order valence-electron chi connectivity index (χ3n) is 4.67. The molecule has 1 aromatic carbocycles. The predicted molar refractivity (Wildman–Crippen MR) is 115 cm³/mol. The van der Waals surface area contributed by atoms with E-state index in [1.165, 1.54) is 37.9 Å². The van der Waals surface area contributed by atoms with Crippen LogP contribution in [0.1, 0.15) is 12.8 Å². The molecule has 0 saturated carbocycles. The van der Waals surface area contributed by atoms with Crippen LogP contribution in [-0.4, -0.2) is 73.1 Å². The molecule has 0 spiro atoms. The number of aromatic nitrogens is 3. The minimum absolute atomic E-state index is 0.0163. The molecule has 1 unspecified atom stereocenters. The van der Waals surface area contributed by atoms with Crippen molar-refractivity contribution >= 4 is 33.4 Å². The lowest BCUT2D eigenvalue weighted by atomic mass is 10.2. The van der Waals surface area contributed by atoms with Crippen molar-refractivity contribution in [3.63, 3.8) is 0 Å². The van der Waals surface area contributed by atoms with Crippen molar-refractivity contribution in [1.29, 1.82) is 0 Å². The lowest BCUT2D eigenvalue weighted by Crippen LogP contribution is -2.25. The smallest absolute Gasteiger partial charge is 0.344 e. The summed E-state index contributed by atoms with van der Waals surface area (Å²) in [7, 11) is 0.441. The molecule has 31 heavy (non-hydrogen) atoms. The number of carbonyl (C=O) groups excluding carboxylic acids is 1. The molecule has 2 N–H and O–H groups in total. The van der Waals surface area contributed by atoms with E-state index >= 15 is 0 Å². The summed E-state index contributed by atoms with van der Waals surface area (Å²) in [5.74, 6) is -0.212. The number of carbonyl (C=O) groups is 1. The van der Waals surface area contributed by atoms with Gasteiger partial charge in [0.1, 0.15) is 10.6 Å². The summed E-state index contributed by atoms with van der Waals surface area (Å²) >= 11 is 1.10. The fourth-order valence-electron chi connectivity index (χ4n) is 3.05. The van der Waals surface area contributed by atoms with Crippen LogP contribution in [0, 0.1) is 0 Å². The Bertz CT molecular complexity index is 1090. The van der Waals surface area contributed by atoms with Gasteiger partial charge in [-0.15, -0.1) is 5.10 Å². The first-order valence-electron chi connectivity index (χ1n) is 9.52. The van der Waals surface area contributed by atoms with Crippen LogP contribution in [0.3, 0.4) is 0 Å². The summed E-state index contributed by atoms with van der Waals surface area (Å²) in [6.45, 7) is 1.05. The molecular formula is C18H25N5O6S2. The monoisotopic (exact) mass is 471 g/mol. The molecule has 2 aromatic rings. The fourth-order valence-corrected chi connectivity index (χ4v) is 4.88. The standard InChI is InChI=1S/C18H25N5O6S2/c1-22(2)31(26,27)15-9-12(6-7-14(15)28-3)19-16(24)11-30-18-21-20-17(25)23(18)10-13-5-4-8-29-13/h6-7,9,13H,4-5,8,10-11H2,1-3H3,(H,19,24)(H,20,25). The largest absolute Gasteiger partial charge is 0.495 e. The highest BCUT2D eigenvalue weighted by molar-refractivity contribution is 7.99. The minimum atomic E-state index is -3.76. The molecule has 13 heteroatoms. The van der Waals surface area contributed by atoms with E-state index < -0.39 is 10.0 Å². The molecule has 1 saturated heterocycles. The number of rotatable bonds is 9. The molecule has 0 radical (unpaired) electrons. The molecule has 1 aromatic heterocycles. The molecule has 0 aliphatic carbocycles. The number of aromatic amines is 1. The number of hydrogen-bond acceptors (Lipinski definition) is 8. The minimum Gasteiger partial charge on any atom is -0.495 e. The lowest BCUT2D eigenvalue weighted by Gasteiger charge is -2.16. The van der Waals surface area contributed by atoms with Crippen molar-refractivity contribution in [3.05, 3.63) is 28.7 Å². The van der Waals surface area contributed by atoms with Crippen molar-refractivity contribution in [2.45, 2.75) is 35.5 Å². The molecule has 1 atom stereocenters. The van der Waals surface area contributed by atoms with Crippen molar-refractivity contribution in [2.75, 3.05) is 38.9 Å². The van der Waals surface area contributed by atoms with E-state index in [4.69, 9.17) is 9.47 Å². The predicted octanol–water partition coefficient (Wildman–Crippen LogP) is 0.740. The Hall–Kier alpha value is -2.35. The normalized spacial score (nSPS) is 16.6. The molecule has 1 amide bonds. The highest BCUT2D eigenvalue weighted by Gasteiger charge is 2.23. The molecule has 11 nitrogen and oxygen atoms in total. The van der Waals surface area contributed by atoms with Gasteiger partial charge >= 0.3 is 5.69 Å². The number of benzene rings is 1. The zero-order valence-electron chi connectivity index (χ0n) is 17.5. The van der Waals surface area contributed by atoms with Crippen LogP contribution >= 0.6 is 11.8 Å². The molecular weight excluding hydrogens is 446 g/mol. The number of ether oxygens (including phenoxy) is 2. The first-order valence-corrected chi connectivity index (χ1v) is 11.9. The van der Waals surface area contributed by atoms with Gasteiger partial charge in [-0.2, -0.15) is 0 Å². The summed E-state index contributed by atoms with van der Waals surface area (Å²) in [5, 5.41) is 9.43. The maximum atomic E-state index is 12.5. The van der Waals surface area contributed by atoms with Crippen molar-refractivity contribution < 1.29 is 22.7 Å². The Morgan fingerprint density at radius 3 is 2.87 bits per heavy atom. The SMILES string of the molecule is COc1ccc(NC(=O)CSc2n[nH]c(=O)n2CC2CCCO2)cc1S(=O)(=O)N(C)C. The van der Waals surface area contributed by atoms with Crippen LogP contribution in [0.2, 0.25) is 0 Å². The Labute approximate surface area is 184 Å². The Balaban J connectivity index is 1.67. The summed E-state index contributed by atoms with van der Waals surface area (Å²) in [4.78, 5) is 24.4. The van der Waals surface area contributed by atoms with Gasteiger partial charge in [0.05, 0.1) is 25.5 Å². The molecule has 2 heterocycles. The van der Waals surface area contributed by atoms with Crippen LogP contribution in [-0.2, 0) is 26.1 Å². The van der Waals surface area contributed by atoms with Crippen molar-refractivity contribution in [2.24, 2.45) is 0 Å². The maximum Gasteiger partial charge on any atom is 0.344 e. The van der Waals surface area contributed by atoms with Crippen LogP contribution in [0.5, 0.6) is 5.75 Å². The second kappa shape index (κ2) is 9.85. The topological polar surface area (TPSA) is 136 Å². The number of thioether (sulfide) groups is 1. The number of H-pyrrole nitrogens is 1. The number of anilines is 1. The van der Waals surface area contributed by atoms with Crippen LogP contribution in [0.25, 0.3) is 0 Å². The van der Waals surface area contributed by atoms with Crippen LogP contribution < -0.4 is 15.7 Å². The van der Waals surface area contributed by atoms with Gasteiger partial charge in [0.25, 0.3) is 0 Å². The van der Waals surface area contributed by atoms with Crippen LogP contribution in [0.15, 0.2) is 33.0 Å². The molecule has 0 bridgehead atoms. The van der Waals surface area contributed by atoms with Crippen LogP contribution in [0.4, 0.5) is 5.69 Å². The summed E-state index contributed by atoms with van der Waals surface area (Å²) in [5.41, 5.74) is -0.0438. The van der Waals surface area contributed by atoms with Gasteiger partial charge in [-0.05, 0) is 31.0 Å². The molecule has 1 aliphatic rings. The second-order valence-electron chi connectivity index (χ2n) is 7.05. The Morgan fingerprint density at radius 1 is 1.45 bits per heavy atom. The van der Waals surface area contributed by atoms with E-state index in [0.29, 0.717) is 24.0 Å². The second-order valence-corrected chi connectivity index (χ2v) is 10.1. The zero-order valence-corrected chi connectivity index (χ0v) is 19.1. The zero-order chi connectivity index (χ0) is 22.6. The number of methoxy groups -OCH3 is 1. The Morgan fingerprint density at radius 2 is 2.23 bits per heavy atom. The van der Waals surface area contributed by atoms with E-state index in [0.717, 1.165) is 28.9 Å². The number of nitrogens with zero attached hydrogens (tertiary/aromatic N) is 3. The molecule has 1 aliphatic heterocycles. The maximum absolute atomic E-state index is 12.5. The van der Waals surface area contributed by atoms with E-state index in [9.17, 15) is 18.0 Å². The number of amides is 1. The number of nitrogens with one attached hydrogen (secondary N) is 2. The van der Waals surface area contributed by atoms with E-state index in [1.807, 2.05) is 0 Å². The average Bonchev–Trinajstić information content (AvgIpc) is 3.37. The summed E-state index contributed by atoms with van der Waals surface area (Å²) in [6, 6.07) is 4.38. The average molecular weight is 472 g/mol. The summed E-state index contributed by atoms with van der Waals surface area (Å²) in [6.07, 6.45) is 1.78. The fraction of sp³-hybridized carbons (Fsp3) is 0.500. The number of hydrogen-bond donors (Lipinski definition) is 2. The third kappa shape index (κ3) is 5.47. The number of sulfonamides is 1. The lowest BCUT2D eigenvalue weighted by molar-refractivity contribution is -0.113. The van der Waals surface area contributed by atoms with Gasteiger partial charge < -0.3 is 14.8 Å². The van der Waals surface area contributed by atoms with Crippen molar-refractivity contribution in [3.8, 4) is 5.75 Å². The highest BCUT2D eigenvalue weighted by Crippen LogP contribution is 2.29. The van der Waals surface area contributed by atoms with Gasteiger partial charge in [-0.3, -0.25) is 9.36 Å². The Kier molecular flexibility index (Phi) is 7.41. The first-order chi connectivity index (χ1) is 14.7. The van der Waals surface area contributed by atoms with Crippen molar-refractivity contribution in [1.82, 2.24) is 19.1 Å². The molecule has 3 rings (SSSR count). The summed E-state index contributed by atoms with van der Waals surface area (Å²) < 4.78 is 38.3. The van der Waals surface area contributed by atoms with Gasteiger partial charge in [0, 0.05) is 26.4 Å². The quantitative estimate of drug-likeness (QED) is 0.511. The van der Waals surface area contributed by atoms with E-state index in [2.05, 4.69) is 15.5 Å². The third-order valence-corrected chi connectivity index (χ3v) is 7.48. The molecule has 170 valence electrons. The van der Waals surface area contributed by atoms with E-state index in [1.54, 1.807) is 6.07 Å².